The number of alkyl halides is 2. The minimum Gasteiger partial charge on any atom is -0.496 e. The molecule has 5 N–H and O–H groups in total. The summed E-state index contributed by atoms with van der Waals surface area (Å²) in [7, 11) is 1.38. The average molecular weight is 517 g/mol. The minimum atomic E-state index is -3.09. The van der Waals surface area contributed by atoms with Crippen LogP contribution in [0, 0.1) is 5.82 Å². The van der Waals surface area contributed by atoms with Crippen LogP contribution in [0.5, 0.6) is 5.75 Å². The van der Waals surface area contributed by atoms with Crippen LogP contribution >= 0.6 is 0 Å². The Hall–Kier alpha value is -4.06. The molecule has 2 aromatic carbocycles. The number of hydrogen-bond donors (Lipinski definition) is 3. The lowest BCUT2D eigenvalue weighted by atomic mass is 10.0. The number of rotatable bonds is 8. The molecule has 0 spiro atoms. The van der Waals surface area contributed by atoms with Crippen molar-refractivity contribution in [3.8, 4) is 17.0 Å². The van der Waals surface area contributed by atoms with E-state index < -0.39 is 36.1 Å². The van der Waals surface area contributed by atoms with Crippen LogP contribution in [-0.4, -0.2) is 59.2 Å². The number of nitrogen functional groups attached to an aromatic ring is 1. The molecule has 2 amide bonds. The molecule has 0 radical (unpaired) electrons. The molecule has 2 heterocycles. The van der Waals surface area contributed by atoms with E-state index in [1.54, 1.807) is 36.1 Å². The zero-order valence-electron chi connectivity index (χ0n) is 20.3. The Morgan fingerprint density at radius 2 is 1.92 bits per heavy atom. The summed E-state index contributed by atoms with van der Waals surface area (Å²) in [6.07, 6.45) is 0. The summed E-state index contributed by atoms with van der Waals surface area (Å²) in [5, 5.41) is 6.97. The first-order chi connectivity index (χ1) is 17.6. The topological polar surface area (TPSA) is 128 Å². The van der Waals surface area contributed by atoms with Crippen molar-refractivity contribution in [3.05, 3.63) is 65.0 Å². The van der Waals surface area contributed by atoms with Crippen molar-refractivity contribution in [1.82, 2.24) is 20.0 Å². The number of likely N-dealkylation sites (N-methyl/N-ethyl adjacent to an activating group) is 1. The fourth-order valence-electron chi connectivity index (χ4n) is 4.39. The monoisotopic (exact) mass is 516 g/mol. The summed E-state index contributed by atoms with van der Waals surface area (Å²) in [5.41, 5.74) is 12.8. The Balaban J connectivity index is 1.56. The number of anilines is 1. The summed E-state index contributed by atoms with van der Waals surface area (Å²) in [6, 6.07) is 8.87. The predicted molar refractivity (Wildman–Crippen MR) is 131 cm³/mol. The Morgan fingerprint density at radius 1 is 1.22 bits per heavy atom. The number of amides is 2. The van der Waals surface area contributed by atoms with Crippen molar-refractivity contribution in [1.29, 1.82) is 0 Å². The molecule has 3 aromatic rings. The number of ether oxygens (including phenoxy) is 1. The molecule has 0 bridgehead atoms. The van der Waals surface area contributed by atoms with Crippen molar-refractivity contribution in [3.63, 3.8) is 0 Å². The zero-order chi connectivity index (χ0) is 26.9. The van der Waals surface area contributed by atoms with Gasteiger partial charge in [0.15, 0.2) is 0 Å². The lowest BCUT2D eigenvalue weighted by Crippen LogP contribution is -2.31. The highest BCUT2D eigenvalue weighted by molar-refractivity contribution is 6.03. The van der Waals surface area contributed by atoms with Crippen LogP contribution in [0.25, 0.3) is 11.3 Å². The third-order valence-corrected chi connectivity index (χ3v) is 6.38. The maximum Gasteiger partial charge on any atom is 0.283 e. The maximum absolute atomic E-state index is 14.7. The Labute approximate surface area is 211 Å². The van der Waals surface area contributed by atoms with Gasteiger partial charge in [-0.3, -0.25) is 14.5 Å². The Bertz CT molecular complexity index is 1330. The van der Waals surface area contributed by atoms with Crippen molar-refractivity contribution >= 4 is 17.6 Å². The normalized spacial score (nSPS) is 17.1. The van der Waals surface area contributed by atoms with Gasteiger partial charge in [-0.2, -0.15) is 5.10 Å². The SMILES string of the molecule is CCN1CC(n2nc(-c3ccc(CNC(=O)c4cc(F)ccc4OC)cc3)c(C(N)=O)c2N)C(F)(F)C1. The second-order valence-electron chi connectivity index (χ2n) is 8.75. The molecule has 1 unspecified atom stereocenters. The van der Waals surface area contributed by atoms with Gasteiger partial charge in [-0.15, -0.1) is 0 Å². The number of nitrogens with zero attached hydrogens (tertiary/aromatic N) is 3. The lowest BCUT2D eigenvalue weighted by Gasteiger charge is -2.19. The van der Waals surface area contributed by atoms with Crippen LogP contribution in [-0.2, 0) is 6.54 Å². The van der Waals surface area contributed by atoms with E-state index in [1.165, 1.54) is 19.2 Å². The highest BCUT2D eigenvalue weighted by atomic mass is 19.3. The van der Waals surface area contributed by atoms with Crippen molar-refractivity contribution in [2.45, 2.75) is 25.4 Å². The van der Waals surface area contributed by atoms with Gasteiger partial charge in [0, 0.05) is 18.7 Å². The Morgan fingerprint density at radius 3 is 2.51 bits per heavy atom. The van der Waals surface area contributed by atoms with Crippen LogP contribution in [0.1, 0.15) is 39.2 Å². The molecule has 196 valence electrons. The van der Waals surface area contributed by atoms with Gasteiger partial charge in [-0.1, -0.05) is 31.2 Å². The summed E-state index contributed by atoms with van der Waals surface area (Å²) < 4.78 is 49.1. The summed E-state index contributed by atoms with van der Waals surface area (Å²) in [5.74, 6) is -5.05. The average Bonchev–Trinajstić information content (AvgIpc) is 3.37. The molecule has 9 nitrogen and oxygen atoms in total. The molecule has 1 fully saturated rings. The fourth-order valence-corrected chi connectivity index (χ4v) is 4.39. The van der Waals surface area contributed by atoms with Gasteiger partial charge in [-0.05, 0) is 30.3 Å². The van der Waals surface area contributed by atoms with E-state index >= 15 is 0 Å². The Kier molecular flexibility index (Phi) is 7.12. The molecule has 4 rings (SSSR count). The van der Waals surface area contributed by atoms with Crippen molar-refractivity contribution in [2.24, 2.45) is 5.73 Å². The van der Waals surface area contributed by atoms with Crippen molar-refractivity contribution < 1.29 is 27.5 Å². The van der Waals surface area contributed by atoms with E-state index in [0.717, 1.165) is 10.7 Å². The second-order valence-corrected chi connectivity index (χ2v) is 8.75. The largest absolute Gasteiger partial charge is 0.496 e. The highest BCUT2D eigenvalue weighted by Gasteiger charge is 2.50. The first-order valence-electron chi connectivity index (χ1n) is 11.5. The van der Waals surface area contributed by atoms with Crippen LogP contribution in [0.2, 0.25) is 0 Å². The number of nitrogens with two attached hydrogens (primary N) is 2. The van der Waals surface area contributed by atoms with Gasteiger partial charge in [0.05, 0.1) is 19.2 Å². The summed E-state index contributed by atoms with van der Waals surface area (Å²) >= 11 is 0. The third-order valence-electron chi connectivity index (χ3n) is 6.38. The van der Waals surface area contributed by atoms with Crippen LogP contribution in [0.4, 0.5) is 19.0 Å². The molecule has 12 heteroatoms. The van der Waals surface area contributed by atoms with E-state index in [0.29, 0.717) is 17.7 Å². The maximum atomic E-state index is 14.7. The number of hydrogen-bond acceptors (Lipinski definition) is 6. The molecule has 1 aliphatic heterocycles. The number of benzene rings is 2. The molecular weight excluding hydrogens is 489 g/mol. The first-order valence-corrected chi connectivity index (χ1v) is 11.5. The number of nitrogens with one attached hydrogen (secondary N) is 1. The number of carbonyl (C=O) groups is 2. The van der Waals surface area contributed by atoms with Crippen LogP contribution < -0.4 is 21.5 Å². The molecule has 37 heavy (non-hydrogen) atoms. The summed E-state index contributed by atoms with van der Waals surface area (Å²) in [4.78, 5) is 26.3. The van der Waals surface area contributed by atoms with Gasteiger partial charge in [0.25, 0.3) is 17.7 Å². The molecule has 1 aliphatic rings. The molecule has 0 aliphatic carbocycles. The standard InChI is InChI=1S/C25H27F3N6O3/c1-3-33-12-19(25(27,28)13-33)34-22(29)20(23(30)35)21(32-34)15-6-4-14(5-7-15)11-31-24(36)17-10-16(26)8-9-18(17)37-2/h4-10,19H,3,11-13,29H2,1-2H3,(H2,30,35)(H,31,36). The quantitative estimate of drug-likeness (QED) is 0.422. The van der Waals surface area contributed by atoms with Gasteiger partial charge in [-0.25, -0.2) is 17.9 Å². The van der Waals surface area contributed by atoms with Gasteiger partial charge in [0.2, 0.25) is 0 Å². The van der Waals surface area contributed by atoms with Crippen LogP contribution in [0.3, 0.4) is 0 Å². The predicted octanol–water partition coefficient (Wildman–Crippen LogP) is 2.82. The molecule has 1 aromatic heterocycles. The fraction of sp³-hybridized carbons (Fsp3) is 0.320. The molecular formula is C25H27F3N6O3. The third kappa shape index (κ3) is 5.10. The molecule has 1 atom stereocenters. The summed E-state index contributed by atoms with van der Waals surface area (Å²) in [6.45, 7) is 1.92. The zero-order valence-corrected chi connectivity index (χ0v) is 20.3. The number of carbonyl (C=O) groups excluding carboxylic acids is 2. The molecule has 0 saturated carbocycles. The van der Waals surface area contributed by atoms with E-state index in [4.69, 9.17) is 16.2 Å². The van der Waals surface area contributed by atoms with Gasteiger partial charge in [0.1, 0.15) is 34.7 Å². The van der Waals surface area contributed by atoms with Gasteiger partial charge < -0.3 is 21.5 Å². The number of aromatic nitrogens is 2. The van der Waals surface area contributed by atoms with E-state index in [2.05, 4.69) is 10.4 Å². The van der Waals surface area contributed by atoms with Crippen molar-refractivity contribution in [2.75, 3.05) is 32.5 Å². The number of methoxy groups -OCH3 is 1. The second kappa shape index (κ2) is 10.1. The minimum absolute atomic E-state index is 0.0295. The number of halogens is 3. The highest BCUT2D eigenvalue weighted by Crippen LogP contribution is 2.40. The number of primary amides is 1. The van der Waals surface area contributed by atoms with E-state index in [1.807, 2.05) is 0 Å². The van der Waals surface area contributed by atoms with Gasteiger partial charge >= 0.3 is 0 Å². The van der Waals surface area contributed by atoms with E-state index in [9.17, 15) is 22.8 Å². The molecule has 1 saturated heterocycles. The van der Waals surface area contributed by atoms with E-state index in [-0.39, 0.29) is 41.5 Å². The number of likely N-dealkylation sites (tertiary alicyclic amines) is 1. The first kappa shape index (κ1) is 26.0. The lowest BCUT2D eigenvalue weighted by molar-refractivity contribution is -0.0241. The van der Waals surface area contributed by atoms with Crippen LogP contribution in [0.15, 0.2) is 42.5 Å². The smallest absolute Gasteiger partial charge is 0.283 e.